The number of aromatic amines is 1. The van der Waals surface area contributed by atoms with Crippen LogP contribution in [0.1, 0.15) is 10.4 Å². The molecule has 3 aromatic rings. The highest BCUT2D eigenvalue weighted by Crippen LogP contribution is 2.31. The lowest BCUT2D eigenvalue weighted by Gasteiger charge is -2.14. The molecule has 0 spiro atoms. The van der Waals surface area contributed by atoms with Gasteiger partial charge in [0.25, 0.3) is 5.56 Å². The molecule has 0 saturated carbocycles. The molecule has 2 aromatic carbocycles. The van der Waals surface area contributed by atoms with E-state index in [-0.39, 0.29) is 5.56 Å². The number of nitrogens with one attached hydrogen (secondary N) is 1. The highest BCUT2D eigenvalue weighted by atomic mass is 16.4. The van der Waals surface area contributed by atoms with E-state index in [2.05, 4.69) is 10.2 Å². The number of carbonyl (C=O) groups excluding carboxylic acids is 1. The Balaban J connectivity index is 2.39. The fourth-order valence-corrected chi connectivity index (χ4v) is 2.34. The van der Waals surface area contributed by atoms with Crippen LogP contribution < -0.4 is 10.7 Å². The molecule has 0 unspecified atom stereocenters. The van der Waals surface area contributed by atoms with Crippen LogP contribution in [0.15, 0.2) is 65.5 Å². The highest BCUT2D eigenvalue weighted by molar-refractivity contribution is 5.98. The largest absolute Gasteiger partial charge is 0.545 e. The van der Waals surface area contributed by atoms with Crippen LogP contribution in [0.25, 0.3) is 22.4 Å². The second-order valence-electron chi connectivity index (χ2n) is 4.67. The van der Waals surface area contributed by atoms with Gasteiger partial charge in [0.2, 0.25) is 0 Å². The second kappa shape index (κ2) is 5.65. The molecule has 0 saturated heterocycles. The Kier molecular flexibility index (Phi) is 3.53. The predicted molar refractivity (Wildman–Crippen MR) is 80.1 cm³/mol. The molecule has 0 aliphatic carbocycles. The fourth-order valence-electron chi connectivity index (χ4n) is 2.34. The monoisotopic (exact) mass is 291 g/mol. The van der Waals surface area contributed by atoms with E-state index in [9.17, 15) is 14.7 Å². The number of nitrogens with zero attached hydrogens (tertiary/aromatic N) is 1. The number of H-pyrrole nitrogens is 1. The molecule has 0 radical (unpaired) electrons. The van der Waals surface area contributed by atoms with Gasteiger partial charge in [0.1, 0.15) is 0 Å². The SMILES string of the molecule is O=C([O-])c1c(-c2ccccc2)c(-c2ccccc2)n[nH]c1=O. The van der Waals surface area contributed by atoms with E-state index in [1.165, 1.54) is 0 Å². The van der Waals surface area contributed by atoms with Crippen molar-refractivity contribution in [1.82, 2.24) is 10.2 Å². The first-order valence-electron chi connectivity index (χ1n) is 6.63. The van der Waals surface area contributed by atoms with E-state index in [1.807, 2.05) is 24.3 Å². The van der Waals surface area contributed by atoms with Crippen molar-refractivity contribution in [1.29, 1.82) is 0 Å². The number of carbonyl (C=O) groups is 1. The number of carboxylic acid groups (broad SMARTS) is 1. The molecule has 1 aromatic heterocycles. The predicted octanol–water partition coefficient (Wildman–Crippen LogP) is 1.47. The summed E-state index contributed by atoms with van der Waals surface area (Å²) in [5.41, 5.74) is 0.763. The van der Waals surface area contributed by atoms with Gasteiger partial charge >= 0.3 is 0 Å². The highest BCUT2D eigenvalue weighted by Gasteiger charge is 2.17. The maximum absolute atomic E-state index is 11.9. The van der Waals surface area contributed by atoms with Crippen molar-refractivity contribution in [2.24, 2.45) is 0 Å². The molecular weight excluding hydrogens is 280 g/mol. The normalized spacial score (nSPS) is 10.4. The van der Waals surface area contributed by atoms with Gasteiger partial charge in [-0.25, -0.2) is 5.10 Å². The molecule has 1 heterocycles. The average molecular weight is 291 g/mol. The molecule has 5 heteroatoms. The lowest BCUT2D eigenvalue weighted by molar-refractivity contribution is -0.255. The summed E-state index contributed by atoms with van der Waals surface area (Å²) < 4.78 is 0. The van der Waals surface area contributed by atoms with Crippen LogP contribution in [0, 0.1) is 0 Å². The van der Waals surface area contributed by atoms with Gasteiger partial charge in [-0.1, -0.05) is 60.7 Å². The average Bonchev–Trinajstić information content (AvgIpc) is 2.56. The maximum atomic E-state index is 11.9. The zero-order chi connectivity index (χ0) is 15.5. The second-order valence-corrected chi connectivity index (χ2v) is 4.67. The number of rotatable bonds is 3. The summed E-state index contributed by atoms with van der Waals surface area (Å²) in [5.74, 6) is -1.53. The van der Waals surface area contributed by atoms with Crippen molar-refractivity contribution < 1.29 is 9.90 Å². The number of carboxylic acids is 1. The Bertz CT molecular complexity index is 871. The molecular formula is C17H11N2O3-. The van der Waals surface area contributed by atoms with Crippen LogP contribution in [0.4, 0.5) is 0 Å². The summed E-state index contributed by atoms with van der Waals surface area (Å²) in [6.07, 6.45) is 0. The van der Waals surface area contributed by atoms with Gasteiger partial charge in [-0.05, 0) is 5.56 Å². The Morgan fingerprint density at radius 1 is 0.909 bits per heavy atom. The van der Waals surface area contributed by atoms with E-state index in [4.69, 9.17) is 0 Å². The van der Waals surface area contributed by atoms with E-state index in [0.29, 0.717) is 16.8 Å². The number of aromatic carboxylic acids is 1. The Morgan fingerprint density at radius 3 is 2.00 bits per heavy atom. The van der Waals surface area contributed by atoms with E-state index < -0.39 is 17.1 Å². The summed E-state index contributed by atoms with van der Waals surface area (Å²) in [7, 11) is 0. The van der Waals surface area contributed by atoms with Gasteiger partial charge in [0.15, 0.2) is 0 Å². The van der Waals surface area contributed by atoms with Gasteiger partial charge < -0.3 is 9.90 Å². The third-order valence-corrected chi connectivity index (χ3v) is 3.30. The molecule has 0 bridgehead atoms. The number of hydrogen-bond donors (Lipinski definition) is 1. The minimum absolute atomic E-state index is 0.260. The number of aromatic nitrogens is 2. The minimum Gasteiger partial charge on any atom is -0.545 e. The third kappa shape index (κ3) is 2.40. The molecule has 0 aliphatic rings. The molecule has 0 atom stereocenters. The summed E-state index contributed by atoms with van der Waals surface area (Å²) in [4.78, 5) is 23.3. The van der Waals surface area contributed by atoms with E-state index in [1.54, 1.807) is 36.4 Å². The van der Waals surface area contributed by atoms with Crippen molar-refractivity contribution in [2.75, 3.05) is 0 Å². The Morgan fingerprint density at radius 2 is 1.45 bits per heavy atom. The van der Waals surface area contributed by atoms with Gasteiger partial charge in [0, 0.05) is 11.1 Å². The van der Waals surface area contributed by atoms with Crippen molar-refractivity contribution in [2.45, 2.75) is 0 Å². The summed E-state index contributed by atoms with van der Waals surface area (Å²) in [6.45, 7) is 0. The smallest absolute Gasteiger partial charge is 0.273 e. The minimum atomic E-state index is -1.53. The van der Waals surface area contributed by atoms with Crippen LogP contribution in [0.5, 0.6) is 0 Å². The quantitative estimate of drug-likeness (QED) is 0.791. The molecule has 108 valence electrons. The lowest BCUT2D eigenvalue weighted by atomic mass is 9.96. The van der Waals surface area contributed by atoms with Crippen LogP contribution >= 0.6 is 0 Å². The Labute approximate surface area is 125 Å². The summed E-state index contributed by atoms with van der Waals surface area (Å²) in [5, 5.41) is 17.7. The molecule has 22 heavy (non-hydrogen) atoms. The molecule has 1 N–H and O–H groups in total. The molecule has 0 fully saturated rings. The summed E-state index contributed by atoms with van der Waals surface area (Å²) in [6, 6.07) is 17.9. The zero-order valence-electron chi connectivity index (χ0n) is 11.4. The van der Waals surface area contributed by atoms with Crippen molar-refractivity contribution in [3.05, 3.63) is 76.6 Å². The first-order chi connectivity index (χ1) is 10.7. The first-order valence-corrected chi connectivity index (χ1v) is 6.63. The van der Waals surface area contributed by atoms with Crippen LogP contribution in [-0.4, -0.2) is 16.2 Å². The summed E-state index contributed by atoms with van der Waals surface area (Å²) >= 11 is 0. The molecule has 0 amide bonds. The lowest BCUT2D eigenvalue weighted by Crippen LogP contribution is -2.31. The molecule has 5 nitrogen and oxygen atoms in total. The van der Waals surface area contributed by atoms with E-state index in [0.717, 1.165) is 0 Å². The zero-order valence-corrected chi connectivity index (χ0v) is 11.4. The van der Waals surface area contributed by atoms with Gasteiger partial charge in [0.05, 0.1) is 17.2 Å². The van der Waals surface area contributed by atoms with Gasteiger partial charge in [-0.15, -0.1) is 0 Å². The van der Waals surface area contributed by atoms with Crippen LogP contribution in [-0.2, 0) is 0 Å². The maximum Gasteiger partial charge on any atom is 0.273 e. The number of hydrogen-bond acceptors (Lipinski definition) is 4. The fraction of sp³-hybridized carbons (Fsp3) is 0. The van der Waals surface area contributed by atoms with E-state index >= 15 is 0 Å². The standard InChI is InChI=1S/C17H12N2O3/c20-16-14(17(21)22)13(11-7-3-1-4-8-11)15(18-19-16)12-9-5-2-6-10-12/h1-10H,(H,19,20)(H,21,22)/p-1. The third-order valence-electron chi connectivity index (χ3n) is 3.30. The van der Waals surface area contributed by atoms with Crippen molar-refractivity contribution in [3.63, 3.8) is 0 Å². The van der Waals surface area contributed by atoms with Gasteiger partial charge in [-0.2, -0.15) is 5.10 Å². The first kappa shape index (κ1) is 13.8. The molecule has 0 aliphatic heterocycles. The molecule has 3 rings (SSSR count). The topological polar surface area (TPSA) is 85.9 Å². The van der Waals surface area contributed by atoms with Crippen molar-refractivity contribution in [3.8, 4) is 22.4 Å². The van der Waals surface area contributed by atoms with Crippen LogP contribution in [0.3, 0.4) is 0 Å². The Hall–Kier alpha value is -3.21. The van der Waals surface area contributed by atoms with Crippen molar-refractivity contribution >= 4 is 5.97 Å². The van der Waals surface area contributed by atoms with Crippen LogP contribution in [0.2, 0.25) is 0 Å². The number of benzene rings is 2. The van der Waals surface area contributed by atoms with Gasteiger partial charge in [-0.3, -0.25) is 4.79 Å².